The van der Waals surface area contributed by atoms with Crippen LogP contribution < -0.4 is 0 Å². The van der Waals surface area contributed by atoms with Crippen molar-refractivity contribution in [2.24, 2.45) is 0 Å². The number of esters is 3. The molecule has 0 unspecified atom stereocenters. The fourth-order valence-electron chi connectivity index (χ4n) is 7.99. The summed E-state index contributed by atoms with van der Waals surface area (Å²) in [7, 11) is 0. The van der Waals surface area contributed by atoms with E-state index in [0.29, 0.717) is 19.3 Å². The highest BCUT2D eigenvalue weighted by Crippen LogP contribution is 2.15. The zero-order valence-corrected chi connectivity index (χ0v) is 45.3. The van der Waals surface area contributed by atoms with E-state index in [9.17, 15) is 14.4 Å². The van der Waals surface area contributed by atoms with Gasteiger partial charge in [-0.2, -0.15) is 0 Å². The first-order valence-corrected chi connectivity index (χ1v) is 29.1. The van der Waals surface area contributed by atoms with Crippen LogP contribution in [-0.4, -0.2) is 37.2 Å². The van der Waals surface area contributed by atoms with Gasteiger partial charge in [0.2, 0.25) is 0 Å². The van der Waals surface area contributed by atoms with E-state index in [2.05, 4.69) is 106 Å². The number of hydrogen-bond acceptors (Lipinski definition) is 6. The summed E-state index contributed by atoms with van der Waals surface area (Å²) in [5.74, 6) is -0.926. The smallest absolute Gasteiger partial charge is 0.306 e. The summed E-state index contributed by atoms with van der Waals surface area (Å²) in [6, 6.07) is 0. The first-order chi connectivity index (χ1) is 34.0. The van der Waals surface area contributed by atoms with Gasteiger partial charge in [0.05, 0.1) is 0 Å². The number of allylic oxidation sites excluding steroid dienone is 14. The fraction of sp³-hybridized carbons (Fsp3) is 0.730. The van der Waals surface area contributed by atoms with Crippen LogP contribution in [0.5, 0.6) is 0 Å². The van der Waals surface area contributed by atoms with Crippen molar-refractivity contribution in [2.75, 3.05) is 13.2 Å². The Kier molecular flexibility index (Phi) is 54.3. The second-order valence-corrected chi connectivity index (χ2v) is 19.2. The predicted octanol–water partition coefficient (Wildman–Crippen LogP) is 19.5. The van der Waals surface area contributed by atoms with Crippen LogP contribution in [0.1, 0.15) is 278 Å². The van der Waals surface area contributed by atoms with E-state index in [4.69, 9.17) is 14.2 Å². The molecule has 396 valence electrons. The van der Waals surface area contributed by atoms with Gasteiger partial charge in [-0.25, -0.2) is 0 Å². The first kappa shape index (κ1) is 65.6. The number of unbranched alkanes of at least 4 members (excludes halogenated alkanes) is 27. The number of carbonyl (C=O) groups is 3. The van der Waals surface area contributed by atoms with E-state index >= 15 is 0 Å². The Bertz CT molecular complexity index is 1330. The Morgan fingerprint density at radius 3 is 0.928 bits per heavy atom. The zero-order valence-electron chi connectivity index (χ0n) is 45.3. The molecule has 0 saturated carbocycles. The van der Waals surface area contributed by atoms with Gasteiger partial charge in [-0.1, -0.05) is 228 Å². The maximum absolute atomic E-state index is 12.9. The Balaban J connectivity index is 4.43. The lowest BCUT2D eigenvalue weighted by molar-refractivity contribution is -0.167. The normalized spacial score (nSPS) is 12.7. The van der Waals surface area contributed by atoms with Crippen LogP contribution in [0.15, 0.2) is 85.1 Å². The van der Waals surface area contributed by atoms with E-state index in [-0.39, 0.29) is 31.1 Å². The Morgan fingerprint density at radius 1 is 0.304 bits per heavy atom. The summed E-state index contributed by atoms with van der Waals surface area (Å²) >= 11 is 0. The van der Waals surface area contributed by atoms with Gasteiger partial charge >= 0.3 is 17.9 Å². The van der Waals surface area contributed by atoms with E-state index in [0.717, 1.165) is 122 Å². The molecule has 69 heavy (non-hydrogen) atoms. The summed E-state index contributed by atoms with van der Waals surface area (Å²) in [4.78, 5) is 38.2. The third-order valence-electron chi connectivity index (χ3n) is 12.4. The lowest BCUT2D eigenvalue weighted by Gasteiger charge is -2.18. The lowest BCUT2D eigenvalue weighted by Crippen LogP contribution is -2.30. The van der Waals surface area contributed by atoms with Gasteiger partial charge in [0.15, 0.2) is 6.10 Å². The minimum absolute atomic E-state index is 0.0910. The highest BCUT2D eigenvalue weighted by atomic mass is 16.6. The van der Waals surface area contributed by atoms with Gasteiger partial charge in [-0.3, -0.25) is 14.4 Å². The molecule has 0 N–H and O–H groups in total. The van der Waals surface area contributed by atoms with Crippen molar-refractivity contribution in [3.05, 3.63) is 85.1 Å². The molecule has 6 heteroatoms. The molecule has 0 fully saturated rings. The molecular formula is C63H108O6. The molecule has 0 aromatic heterocycles. The van der Waals surface area contributed by atoms with E-state index in [1.807, 2.05) is 0 Å². The minimum Gasteiger partial charge on any atom is -0.462 e. The quantitative estimate of drug-likeness (QED) is 0.0262. The second kappa shape index (κ2) is 57.2. The summed E-state index contributed by atoms with van der Waals surface area (Å²) < 4.78 is 16.9. The van der Waals surface area contributed by atoms with Crippen molar-refractivity contribution in [1.29, 1.82) is 0 Å². The Labute approximate surface area is 426 Å². The molecular weight excluding hydrogens is 853 g/mol. The number of ether oxygens (including phenoxy) is 3. The molecule has 0 aliphatic heterocycles. The molecule has 0 aromatic carbocycles. The molecule has 0 spiro atoms. The van der Waals surface area contributed by atoms with Crippen LogP contribution in [0.2, 0.25) is 0 Å². The predicted molar refractivity (Wildman–Crippen MR) is 297 cm³/mol. The van der Waals surface area contributed by atoms with Crippen LogP contribution in [0.4, 0.5) is 0 Å². The average Bonchev–Trinajstić information content (AvgIpc) is 3.35. The SMILES string of the molecule is CC/C=C\C/C=C\C/C=C\C/C=C\CCCCCCC(=O)OC[C@H](COC(=O)CCCCCCCCCCC/C=C\CCCCCCCC)OC(=O)CCCCCCC/C=C\C/C=C\CCCCC. The van der Waals surface area contributed by atoms with Gasteiger partial charge < -0.3 is 14.2 Å². The highest BCUT2D eigenvalue weighted by molar-refractivity contribution is 5.71. The third-order valence-corrected chi connectivity index (χ3v) is 12.4. The fourth-order valence-corrected chi connectivity index (χ4v) is 7.99. The van der Waals surface area contributed by atoms with Crippen LogP contribution in [0.25, 0.3) is 0 Å². The van der Waals surface area contributed by atoms with Crippen molar-refractivity contribution >= 4 is 17.9 Å². The summed E-state index contributed by atoms with van der Waals surface area (Å²) in [5, 5.41) is 0. The molecule has 6 nitrogen and oxygen atoms in total. The average molecular weight is 962 g/mol. The molecule has 0 heterocycles. The van der Waals surface area contributed by atoms with Crippen LogP contribution in [-0.2, 0) is 28.6 Å². The summed E-state index contributed by atoms with van der Waals surface area (Å²) in [6.45, 7) is 6.48. The first-order valence-electron chi connectivity index (χ1n) is 29.1. The van der Waals surface area contributed by atoms with E-state index in [1.54, 1.807) is 0 Å². The van der Waals surface area contributed by atoms with Gasteiger partial charge in [-0.05, 0) is 116 Å². The van der Waals surface area contributed by atoms with Crippen molar-refractivity contribution in [3.63, 3.8) is 0 Å². The maximum Gasteiger partial charge on any atom is 0.306 e. The standard InChI is InChI=1S/C63H108O6/c1-4-7-10-13-16-19-22-25-28-30-31-33-36-38-41-44-47-50-53-56-62(65)68-59-60(69-63(66)57-54-51-48-45-42-39-34-27-24-21-18-15-12-9-6-3)58-67-61(64)55-52-49-46-43-40-37-35-32-29-26-23-20-17-14-11-8-5-2/h8,11,17-18,20-21,25-29,34-35,37,60H,4-7,9-10,12-16,19,22-24,30-33,36,38-59H2,1-3H3/b11-8-,20-17-,21-18-,28-25-,29-26-,34-27-,37-35-/t60-/m1/s1. The van der Waals surface area contributed by atoms with E-state index in [1.165, 1.54) is 116 Å². The summed E-state index contributed by atoms with van der Waals surface area (Å²) in [6.07, 6.45) is 74.3. The second-order valence-electron chi connectivity index (χ2n) is 19.2. The zero-order chi connectivity index (χ0) is 50.0. The molecule has 0 radical (unpaired) electrons. The third kappa shape index (κ3) is 55.4. The lowest BCUT2D eigenvalue weighted by atomic mass is 10.1. The number of carbonyl (C=O) groups excluding carboxylic acids is 3. The van der Waals surface area contributed by atoms with Crippen molar-refractivity contribution < 1.29 is 28.6 Å². The van der Waals surface area contributed by atoms with Gasteiger partial charge in [0.1, 0.15) is 13.2 Å². The Hall–Kier alpha value is -3.41. The number of rotatable bonds is 52. The molecule has 1 atom stereocenters. The number of hydrogen-bond donors (Lipinski definition) is 0. The molecule has 0 amide bonds. The largest absolute Gasteiger partial charge is 0.462 e. The van der Waals surface area contributed by atoms with Gasteiger partial charge in [0, 0.05) is 19.3 Å². The molecule has 0 bridgehead atoms. The van der Waals surface area contributed by atoms with Gasteiger partial charge in [-0.15, -0.1) is 0 Å². The topological polar surface area (TPSA) is 78.9 Å². The Morgan fingerprint density at radius 2 is 0.565 bits per heavy atom. The molecule has 0 aliphatic carbocycles. The molecule has 0 rings (SSSR count). The monoisotopic (exact) mass is 961 g/mol. The van der Waals surface area contributed by atoms with Crippen molar-refractivity contribution in [1.82, 2.24) is 0 Å². The summed E-state index contributed by atoms with van der Waals surface area (Å²) in [5.41, 5.74) is 0. The minimum atomic E-state index is -0.796. The molecule has 0 saturated heterocycles. The van der Waals surface area contributed by atoms with E-state index < -0.39 is 6.10 Å². The van der Waals surface area contributed by atoms with Crippen LogP contribution >= 0.6 is 0 Å². The molecule has 0 aromatic rings. The highest BCUT2D eigenvalue weighted by Gasteiger charge is 2.19. The molecule has 0 aliphatic rings. The van der Waals surface area contributed by atoms with Crippen molar-refractivity contribution in [3.8, 4) is 0 Å². The van der Waals surface area contributed by atoms with Crippen LogP contribution in [0, 0.1) is 0 Å². The van der Waals surface area contributed by atoms with Crippen molar-refractivity contribution in [2.45, 2.75) is 284 Å². The van der Waals surface area contributed by atoms with Gasteiger partial charge in [0.25, 0.3) is 0 Å². The maximum atomic E-state index is 12.9. The van der Waals surface area contributed by atoms with Crippen LogP contribution in [0.3, 0.4) is 0 Å².